The van der Waals surface area contributed by atoms with Crippen LogP contribution < -0.4 is 5.32 Å². The zero-order valence-corrected chi connectivity index (χ0v) is 16.4. The fraction of sp³-hybridized carbons (Fsp3) is 0.391. The topological polar surface area (TPSA) is 58.6 Å². The molecule has 1 N–H and O–H groups in total. The maximum absolute atomic E-state index is 12.6. The standard InChI is InChI=1S/C23H28N2O3/c1-18-9-11-19(12-10-18)16-25(21-13-14-21)22(26)8-5-15-24-23(27)28-17-20-6-3-2-4-7-20/h2-4,6-7,9-12,21H,5,8,13-17H2,1H3,(H,24,27). The van der Waals surface area contributed by atoms with E-state index in [4.69, 9.17) is 4.74 Å². The lowest BCUT2D eigenvalue weighted by atomic mass is 10.1. The Balaban J connectivity index is 1.36. The summed E-state index contributed by atoms with van der Waals surface area (Å²) >= 11 is 0. The van der Waals surface area contributed by atoms with Crippen molar-refractivity contribution in [1.82, 2.24) is 10.2 Å². The molecular formula is C23H28N2O3. The van der Waals surface area contributed by atoms with Crippen LogP contribution in [-0.2, 0) is 22.7 Å². The highest BCUT2D eigenvalue weighted by molar-refractivity contribution is 5.77. The third-order valence-corrected chi connectivity index (χ3v) is 4.83. The number of carbonyl (C=O) groups is 2. The number of hydrogen-bond donors (Lipinski definition) is 1. The van der Waals surface area contributed by atoms with Gasteiger partial charge in [-0.25, -0.2) is 4.79 Å². The molecule has 1 aliphatic carbocycles. The van der Waals surface area contributed by atoms with Crippen LogP contribution in [0.4, 0.5) is 4.79 Å². The molecule has 0 unspecified atom stereocenters. The lowest BCUT2D eigenvalue weighted by Crippen LogP contribution is -2.33. The normalized spacial score (nSPS) is 13.0. The first kappa shape index (κ1) is 19.9. The maximum atomic E-state index is 12.6. The molecule has 148 valence electrons. The van der Waals surface area contributed by atoms with Gasteiger partial charge in [0.25, 0.3) is 0 Å². The summed E-state index contributed by atoms with van der Waals surface area (Å²) < 4.78 is 5.17. The van der Waals surface area contributed by atoms with Crippen LogP contribution in [-0.4, -0.2) is 29.5 Å². The van der Waals surface area contributed by atoms with Crippen molar-refractivity contribution in [2.24, 2.45) is 0 Å². The van der Waals surface area contributed by atoms with E-state index in [9.17, 15) is 9.59 Å². The van der Waals surface area contributed by atoms with E-state index in [1.54, 1.807) is 0 Å². The highest BCUT2D eigenvalue weighted by Crippen LogP contribution is 2.29. The molecule has 0 aliphatic heterocycles. The predicted molar refractivity (Wildman–Crippen MR) is 109 cm³/mol. The molecule has 2 aromatic rings. The van der Waals surface area contributed by atoms with Gasteiger partial charge in [-0.3, -0.25) is 4.79 Å². The zero-order valence-electron chi connectivity index (χ0n) is 16.4. The minimum atomic E-state index is -0.449. The lowest BCUT2D eigenvalue weighted by Gasteiger charge is -2.23. The Morgan fingerprint density at radius 2 is 1.75 bits per heavy atom. The van der Waals surface area contributed by atoms with Crippen LogP contribution in [0.5, 0.6) is 0 Å². The number of nitrogens with zero attached hydrogens (tertiary/aromatic N) is 1. The lowest BCUT2D eigenvalue weighted by molar-refractivity contribution is -0.132. The molecule has 0 spiro atoms. The van der Waals surface area contributed by atoms with Gasteiger partial charge in [-0.05, 0) is 37.3 Å². The molecule has 3 rings (SSSR count). The first-order valence-electron chi connectivity index (χ1n) is 9.91. The average Bonchev–Trinajstić information content (AvgIpc) is 3.55. The number of carbonyl (C=O) groups excluding carboxylic acids is 2. The van der Waals surface area contributed by atoms with Gasteiger partial charge in [0.05, 0.1) is 0 Å². The minimum Gasteiger partial charge on any atom is -0.445 e. The van der Waals surface area contributed by atoms with E-state index in [-0.39, 0.29) is 12.5 Å². The second-order valence-electron chi connectivity index (χ2n) is 7.33. The molecule has 2 aromatic carbocycles. The first-order valence-corrected chi connectivity index (χ1v) is 9.91. The number of benzene rings is 2. The van der Waals surface area contributed by atoms with Gasteiger partial charge in [-0.15, -0.1) is 0 Å². The van der Waals surface area contributed by atoms with Crippen LogP contribution in [0.15, 0.2) is 54.6 Å². The number of rotatable bonds is 9. The quantitative estimate of drug-likeness (QED) is 0.664. The molecule has 0 aromatic heterocycles. The summed E-state index contributed by atoms with van der Waals surface area (Å²) in [5.74, 6) is 0.155. The zero-order chi connectivity index (χ0) is 19.8. The fourth-order valence-corrected chi connectivity index (χ4v) is 3.05. The SMILES string of the molecule is Cc1ccc(CN(C(=O)CCCNC(=O)OCc2ccccc2)C2CC2)cc1. The van der Waals surface area contributed by atoms with Crippen molar-refractivity contribution in [3.8, 4) is 0 Å². The maximum Gasteiger partial charge on any atom is 0.407 e. The number of alkyl carbamates (subject to hydrolysis) is 1. The van der Waals surface area contributed by atoms with Crippen LogP contribution in [0.1, 0.15) is 42.4 Å². The molecule has 0 saturated heterocycles. The van der Waals surface area contributed by atoms with E-state index in [1.165, 1.54) is 5.56 Å². The van der Waals surface area contributed by atoms with Crippen molar-refractivity contribution in [3.05, 3.63) is 71.3 Å². The molecule has 0 radical (unpaired) electrons. The summed E-state index contributed by atoms with van der Waals surface area (Å²) in [5, 5.41) is 2.72. The Bertz CT molecular complexity index is 770. The predicted octanol–water partition coefficient (Wildman–Crippen LogP) is 4.19. The van der Waals surface area contributed by atoms with Gasteiger partial charge in [0.15, 0.2) is 0 Å². The van der Waals surface area contributed by atoms with Crippen LogP contribution in [0.2, 0.25) is 0 Å². The molecule has 0 bridgehead atoms. The van der Waals surface area contributed by atoms with Gasteiger partial charge >= 0.3 is 6.09 Å². The highest BCUT2D eigenvalue weighted by Gasteiger charge is 2.32. The van der Waals surface area contributed by atoms with Crippen molar-refractivity contribution in [3.63, 3.8) is 0 Å². The van der Waals surface area contributed by atoms with Gasteiger partial charge in [0, 0.05) is 25.6 Å². The van der Waals surface area contributed by atoms with Crippen molar-refractivity contribution in [1.29, 1.82) is 0 Å². The fourth-order valence-electron chi connectivity index (χ4n) is 3.05. The third-order valence-electron chi connectivity index (χ3n) is 4.83. The Hall–Kier alpha value is -2.82. The van der Waals surface area contributed by atoms with Crippen molar-refractivity contribution >= 4 is 12.0 Å². The second kappa shape index (κ2) is 9.93. The summed E-state index contributed by atoms with van der Waals surface area (Å²) in [6.45, 7) is 3.40. The first-order chi connectivity index (χ1) is 13.6. The monoisotopic (exact) mass is 380 g/mol. The summed E-state index contributed by atoms with van der Waals surface area (Å²) in [7, 11) is 0. The van der Waals surface area contributed by atoms with E-state index in [0.717, 1.165) is 24.0 Å². The van der Waals surface area contributed by atoms with Gasteiger partial charge in [-0.2, -0.15) is 0 Å². The molecule has 1 aliphatic rings. The van der Waals surface area contributed by atoms with Crippen molar-refractivity contribution < 1.29 is 14.3 Å². The van der Waals surface area contributed by atoms with E-state index < -0.39 is 6.09 Å². The Kier molecular flexibility index (Phi) is 7.06. The third kappa shape index (κ3) is 6.41. The largest absolute Gasteiger partial charge is 0.445 e. The van der Waals surface area contributed by atoms with Crippen molar-refractivity contribution in [2.45, 2.75) is 51.8 Å². The molecule has 5 heteroatoms. The van der Waals surface area contributed by atoms with Crippen LogP contribution in [0.3, 0.4) is 0 Å². The molecular weight excluding hydrogens is 352 g/mol. The summed E-state index contributed by atoms with van der Waals surface area (Å²) in [4.78, 5) is 26.4. The van der Waals surface area contributed by atoms with E-state index in [0.29, 0.717) is 32.0 Å². The number of aryl methyl sites for hydroxylation is 1. The number of ether oxygens (including phenoxy) is 1. The Morgan fingerprint density at radius 1 is 1.04 bits per heavy atom. The van der Waals surface area contributed by atoms with Crippen LogP contribution in [0, 0.1) is 6.92 Å². The molecule has 1 fully saturated rings. The molecule has 0 atom stereocenters. The van der Waals surface area contributed by atoms with Gasteiger partial charge in [0.2, 0.25) is 5.91 Å². The van der Waals surface area contributed by atoms with E-state index in [2.05, 4.69) is 36.5 Å². The molecule has 5 nitrogen and oxygen atoms in total. The number of nitrogens with one attached hydrogen (secondary N) is 1. The molecule has 28 heavy (non-hydrogen) atoms. The Morgan fingerprint density at radius 3 is 2.43 bits per heavy atom. The summed E-state index contributed by atoms with van der Waals surface area (Å²) in [6.07, 6.45) is 2.76. The number of amides is 2. The van der Waals surface area contributed by atoms with E-state index in [1.807, 2.05) is 35.2 Å². The smallest absolute Gasteiger partial charge is 0.407 e. The molecule has 1 saturated carbocycles. The minimum absolute atomic E-state index is 0.155. The second-order valence-corrected chi connectivity index (χ2v) is 7.33. The van der Waals surface area contributed by atoms with Crippen LogP contribution >= 0.6 is 0 Å². The number of hydrogen-bond acceptors (Lipinski definition) is 3. The van der Waals surface area contributed by atoms with Gasteiger partial charge in [0.1, 0.15) is 6.61 Å². The summed E-state index contributed by atoms with van der Waals surface area (Å²) in [6, 6.07) is 18.3. The summed E-state index contributed by atoms with van der Waals surface area (Å²) in [5.41, 5.74) is 3.33. The van der Waals surface area contributed by atoms with E-state index >= 15 is 0 Å². The molecule has 0 heterocycles. The van der Waals surface area contributed by atoms with Crippen LogP contribution in [0.25, 0.3) is 0 Å². The molecule has 2 amide bonds. The van der Waals surface area contributed by atoms with Gasteiger partial charge < -0.3 is 15.0 Å². The average molecular weight is 380 g/mol. The van der Waals surface area contributed by atoms with Gasteiger partial charge in [-0.1, -0.05) is 60.2 Å². The van der Waals surface area contributed by atoms with Crippen molar-refractivity contribution in [2.75, 3.05) is 6.54 Å². The highest BCUT2D eigenvalue weighted by atomic mass is 16.5. The Labute approximate surface area is 166 Å².